The molecule has 0 heterocycles. The number of benzene rings is 1. The van der Waals surface area contributed by atoms with Crippen LogP contribution < -0.4 is 0 Å². The van der Waals surface area contributed by atoms with Crippen molar-refractivity contribution in [2.45, 2.75) is 33.2 Å². The number of hydrogen-bond acceptors (Lipinski definition) is 4. The highest BCUT2D eigenvalue weighted by Gasteiger charge is 2.39. The molecular weight excluding hydrogens is 260 g/mol. The topological polar surface area (TPSA) is 47.9 Å². The molecule has 4 nitrogen and oxygen atoms in total. The molecule has 5 heteroatoms. The third-order valence-corrected chi connectivity index (χ3v) is 5.80. The maximum absolute atomic E-state index is 9.27. The Morgan fingerprint density at radius 3 is 1.79 bits per heavy atom. The first-order chi connectivity index (χ1) is 9.15. The predicted molar refractivity (Wildman–Crippen MR) is 77.2 cm³/mol. The third-order valence-electron chi connectivity index (χ3n) is 2.75. The Morgan fingerprint density at radius 2 is 1.37 bits per heavy atom. The second-order valence-corrected chi connectivity index (χ2v) is 6.88. The van der Waals surface area contributed by atoms with E-state index < -0.39 is 8.80 Å². The van der Waals surface area contributed by atoms with Crippen molar-refractivity contribution in [2.24, 2.45) is 0 Å². The molecule has 1 aromatic rings. The maximum atomic E-state index is 9.27. The molecule has 0 aliphatic rings. The second-order valence-electron chi connectivity index (χ2n) is 4.15. The summed E-state index contributed by atoms with van der Waals surface area (Å²) in [6, 6.07) is 7.98. The first-order valence-corrected chi connectivity index (χ1v) is 8.78. The minimum atomic E-state index is -2.55. The summed E-state index contributed by atoms with van der Waals surface area (Å²) >= 11 is 0. The first kappa shape index (κ1) is 16.2. The van der Waals surface area contributed by atoms with E-state index in [4.69, 9.17) is 13.3 Å². The molecule has 0 radical (unpaired) electrons. The minimum Gasteiger partial charge on any atom is -0.508 e. The van der Waals surface area contributed by atoms with Crippen LogP contribution in [-0.2, 0) is 19.7 Å². The number of phenols is 1. The summed E-state index contributed by atoms with van der Waals surface area (Å²) in [7, 11) is -2.55. The van der Waals surface area contributed by atoms with Gasteiger partial charge >= 0.3 is 8.80 Å². The zero-order valence-corrected chi connectivity index (χ0v) is 13.0. The van der Waals surface area contributed by atoms with Gasteiger partial charge in [0.15, 0.2) is 0 Å². The van der Waals surface area contributed by atoms with Crippen molar-refractivity contribution in [1.82, 2.24) is 0 Å². The molecule has 108 valence electrons. The molecule has 19 heavy (non-hydrogen) atoms. The van der Waals surface area contributed by atoms with Crippen LogP contribution in [0, 0.1) is 0 Å². The maximum Gasteiger partial charge on any atom is 0.501 e. The standard InChI is InChI=1S/C14H24O4Si/c1-4-16-19(17-5-2,18-6-3)12-11-13-7-9-14(15)10-8-13/h7-10,15H,4-6,11-12H2,1-3H3. The summed E-state index contributed by atoms with van der Waals surface area (Å²) in [6.07, 6.45) is 0.826. The van der Waals surface area contributed by atoms with E-state index in [0.29, 0.717) is 19.8 Å². The minimum absolute atomic E-state index is 0.284. The molecule has 0 bridgehead atoms. The lowest BCUT2D eigenvalue weighted by atomic mass is 10.2. The van der Waals surface area contributed by atoms with E-state index in [1.54, 1.807) is 12.1 Å². The Kier molecular flexibility index (Phi) is 7.08. The van der Waals surface area contributed by atoms with E-state index in [2.05, 4.69) is 0 Å². The zero-order valence-electron chi connectivity index (χ0n) is 12.0. The molecule has 0 aromatic heterocycles. The van der Waals surface area contributed by atoms with Gasteiger partial charge in [0.2, 0.25) is 0 Å². The molecule has 1 rings (SSSR count). The average molecular weight is 284 g/mol. The molecule has 0 saturated heterocycles. The van der Waals surface area contributed by atoms with Crippen LogP contribution >= 0.6 is 0 Å². The Hall–Kier alpha value is -0.883. The van der Waals surface area contributed by atoms with Gasteiger partial charge < -0.3 is 18.4 Å². The second kappa shape index (κ2) is 8.32. The number of aromatic hydroxyl groups is 1. The van der Waals surface area contributed by atoms with Crippen molar-refractivity contribution in [3.8, 4) is 5.75 Å². The van der Waals surface area contributed by atoms with Gasteiger partial charge in [-0.05, 0) is 44.9 Å². The van der Waals surface area contributed by atoms with Gasteiger partial charge in [0.25, 0.3) is 0 Å². The molecule has 1 aromatic carbocycles. The highest BCUT2D eigenvalue weighted by Crippen LogP contribution is 2.20. The molecule has 0 spiro atoms. The fourth-order valence-electron chi connectivity index (χ4n) is 1.96. The van der Waals surface area contributed by atoms with Crippen LogP contribution in [0.15, 0.2) is 24.3 Å². The Labute approximate surface area is 116 Å². The van der Waals surface area contributed by atoms with Gasteiger partial charge in [0.05, 0.1) is 0 Å². The number of hydrogen-bond donors (Lipinski definition) is 1. The Bertz CT molecular complexity index is 336. The lowest BCUT2D eigenvalue weighted by Gasteiger charge is -2.28. The SMILES string of the molecule is CCO[Si](CCc1ccc(O)cc1)(OCC)OCC. The van der Waals surface area contributed by atoms with Crippen LogP contribution in [0.5, 0.6) is 5.75 Å². The zero-order chi connectivity index (χ0) is 14.1. The van der Waals surface area contributed by atoms with Crippen LogP contribution in [0.4, 0.5) is 0 Å². The molecule has 0 unspecified atom stereocenters. The molecule has 0 atom stereocenters. The Balaban J connectivity index is 2.67. The van der Waals surface area contributed by atoms with Gasteiger partial charge in [-0.2, -0.15) is 0 Å². The van der Waals surface area contributed by atoms with E-state index in [1.165, 1.54) is 0 Å². The molecule has 0 aliphatic heterocycles. The van der Waals surface area contributed by atoms with E-state index in [-0.39, 0.29) is 5.75 Å². The largest absolute Gasteiger partial charge is 0.508 e. The summed E-state index contributed by atoms with van der Waals surface area (Å²) in [6.45, 7) is 7.67. The quantitative estimate of drug-likeness (QED) is 0.708. The molecule has 0 amide bonds. The monoisotopic (exact) mass is 284 g/mol. The molecule has 0 saturated carbocycles. The first-order valence-electron chi connectivity index (χ1n) is 6.85. The molecular formula is C14H24O4Si. The highest BCUT2D eigenvalue weighted by molar-refractivity contribution is 6.60. The highest BCUT2D eigenvalue weighted by atomic mass is 28.4. The van der Waals surface area contributed by atoms with Crippen molar-refractivity contribution < 1.29 is 18.4 Å². The van der Waals surface area contributed by atoms with Crippen LogP contribution in [0.1, 0.15) is 26.3 Å². The lowest BCUT2D eigenvalue weighted by Crippen LogP contribution is -2.46. The van der Waals surface area contributed by atoms with E-state index in [0.717, 1.165) is 18.0 Å². The van der Waals surface area contributed by atoms with Crippen LogP contribution in [0.25, 0.3) is 0 Å². The lowest BCUT2D eigenvalue weighted by molar-refractivity contribution is 0.0714. The van der Waals surface area contributed by atoms with Crippen molar-refractivity contribution in [3.05, 3.63) is 29.8 Å². The van der Waals surface area contributed by atoms with Crippen molar-refractivity contribution in [1.29, 1.82) is 0 Å². The summed E-state index contributed by atoms with van der Waals surface area (Å²) in [4.78, 5) is 0. The van der Waals surface area contributed by atoms with Gasteiger partial charge in [-0.25, -0.2) is 0 Å². The van der Waals surface area contributed by atoms with Gasteiger partial charge in [0.1, 0.15) is 5.75 Å². The fraction of sp³-hybridized carbons (Fsp3) is 0.571. The van der Waals surface area contributed by atoms with Crippen molar-refractivity contribution in [3.63, 3.8) is 0 Å². The van der Waals surface area contributed by atoms with E-state index >= 15 is 0 Å². The van der Waals surface area contributed by atoms with Crippen molar-refractivity contribution >= 4 is 8.80 Å². The third kappa shape index (κ3) is 5.32. The summed E-state index contributed by atoms with van der Waals surface area (Å²) < 4.78 is 17.4. The molecule has 1 N–H and O–H groups in total. The average Bonchev–Trinajstić information content (AvgIpc) is 2.39. The van der Waals surface area contributed by atoms with Gasteiger partial charge in [-0.3, -0.25) is 0 Å². The van der Waals surface area contributed by atoms with Crippen LogP contribution in [-0.4, -0.2) is 33.7 Å². The summed E-state index contributed by atoms with van der Waals surface area (Å²) in [5, 5.41) is 9.27. The van der Waals surface area contributed by atoms with Crippen LogP contribution in [0.3, 0.4) is 0 Å². The summed E-state index contributed by atoms with van der Waals surface area (Å²) in [5.41, 5.74) is 1.15. The fourth-order valence-corrected chi connectivity index (χ4v) is 4.56. The van der Waals surface area contributed by atoms with E-state index in [9.17, 15) is 5.11 Å². The van der Waals surface area contributed by atoms with Gasteiger partial charge in [-0.1, -0.05) is 12.1 Å². The number of phenolic OH excluding ortho intramolecular Hbond substituents is 1. The summed E-state index contributed by atoms with van der Waals surface area (Å²) in [5.74, 6) is 0.284. The van der Waals surface area contributed by atoms with E-state index in [1.807, 2.05) is 32.9 Å². The molecule has 0 aliphatic carbocycles. The number of aryl methyl sites for hydroxylation is 1. The number of rotatable bonds is 9. The van der Waals surface area contributed by atoms with Crippen LogP contribution in [0.2, 0.25) is 6.04 Å². The van der Waals surface area contributed by atoms with Crippen molar-refractivity contribution in [2.75, 3.05) is 19.8 Å². The molecule has 0 fully saturated rings. The normalized spacial score (nSPS) is 11.7. The smallest absolute Gasteiger partial charge is 0.501 e. The van der Waals surface area contributed by atoms with Gasteiger partial charge in [0, 0.05) is 25.9 Å². The Morgan fingerprint density at radius 1 is 0.895 bits per heavy atom. The van der Waals surface area contributed by atoms with Gasteiger partial charge in [-0.15, -0.1) is 0 Å². The predicted octanol–water partition coefficient (Wildman–Crippen LogP) is 2.98.